The summed E-state index contributed by atoms with van der Waals surface area (Å²) in [5.74, 6) is 0.307. The lowest BCUT2D eigenvalue weighted by molar-refractivity contribution is -0.119. The normalized spacial score (nSPS) is 15.5. The average Bonchev–Trinajstić information content (AvgIpc) is 2.74. The van der Waals surface area contributed by atoms with Crippen LogP contribution in [0.2, 0.25) is 0 Å². The molecule has 3 heteroatoms. The van der Waals surface area contributed by atoms with Gasteiger partial charge in [-0.25, -0.2) is 0 Å². The second-order valence-corrected chi connectivity index (χ2v) is 9.14. The molecule has 0 spiro atoms. The molecular formula is C27H38O3. The molecule has 0 saturated heterocycles. The molecule has 0 fully saturated rings. The fraction of sp³-hybridized carbons (Fsp3) is 0.519. The highest BCUT2D eigenvalue weighted by atomic mass is 16.5. The molecule has 0 aliphatic heterocycles. The van der Waals surface area contributed by atoms with Gasteiger partial charge in [-0.15, -0.1) is 0 Å². The average molecular weight is 411 g/mol. The highest BCUT2D eigenvalue weighted by molar-refractivity contribution is 5.78. The number of aliphatic hydroxyl groups is 2. The van der Waals surface area contributed by atoms with E-state index in [0.717, 1.165) is 37.7 Å². The van der Waals surface area contributed by atoms with Crippen LogP contribution >= 0.6 is 0 Å². The van der Waals surface area contributed by atoms with Gasteiger partial charge in [0.2, 0.25) is 0 Å². The molecule has 0 heterocycles. The van der Waals surface area contributed by atoms with Gasteiger partial charge < -0.3 is 10.2 Å². The molecule has 0 aliphatic rings. The fourth-order valence-electron chi connectivity index (χ4n) is 4.45. The predicted molar refractivity (Wildman–Crippen MR) is 123 cm³/mol. The maximum absolute atomic E-state index is 12.5. The topological polar surface area (TPSA) is 57.5 Å². The number of aliphatic hydroxyl groups excluding tert-OH is 1. The molecule has 0 saturated carbocycles. The standard InChI is InChI=1S/C27H38O3/c1-4-26(2,22-13-7-5-8-14-22)19-11-17-24(28)18-12-20-27(3,21-25(29)30)23-15-9-6-10-16-23/h5-10,13-16,25,29-30H,4,11-12,17-21H2,1-3H3. The molecule has 2 rings (SSSR count). The van der Waals surface area contributed by atoms with Crippen LogP contribution in [0.3, 0.4) is 0 Å². The van der Waals surface area contributed by atoms with E-state index < -0.39 is 6.29 Å². The third-order valence-electron chi connectivity index (χ3n) is 6.72. The molecule has 2 aromatic rings. The Morgan fingerprint density at radius 3 is 1.67 bits per heavy atom. The summed E-state index contributed by atoms with van der Waals surface area (Å²) in [7, 11) is 0. The van der Waals surface area contributed by atoms with Crippen molar-refractivity contribution in [3.63, 3.8) is 0 Å². The first kappa shape index (κ1) is 24.3. The monoisotopic (exact) mass is 410 g/mol. The van der Waals surface area contributed by atoms with Crippen LogP contribution in [0.25, 0.3) is 0 Å². The van der Waals surface area contributed by atoms with Crippen LogP contribution < -0.4 is 0 Å². The zero-order chi connectivity index (χ0) is 22.0. The van der Waals surface area contributed by atoms with E-state index >= 15 is 0 Å². The van der Waals surface area contributed by atoms with Crippen molar-refractivity contribution >= 4 is 5.78 Å². The van der Waals surface area contributed by atoms with E-state index in [2.05, 4.69) is 45.0 Å². The molecule has 2 aromatic carbocycles. The minimum Gasteiger partial charge on any atom is -0.368 e. The zero-order valence-electron chi connectivity index (χ0n) is 18.8. The smallest absolute Gasteiger partial charge is 0.152 e. The van der Waals surface area contributed by atoms with Gasteiger partial charge in [-0.3, -0.25) is 4.79 Å². The van der Waals surface area contributed by atoms with Crippen molar-refractivity contribution in [1.29, 1.82) is 0 Å². The molecule has 0 bridgehead atoms. The van der Waals surface area contributed by atoms with E-state index in [4.69, 9.17) is 0 Å². The number of carbonyl (C=O) groups is 1. The first-order valence-corrected chi connectivity index (χ1v) is 11.3. The summed E-state index contributed by atoms with van der Waals surface area (Å²) < 4.78 is 0. The summed E-state index contributed by atoms with van der Waals surface area (Å²) in [4.78, 5) is 12.5. The second-order valence-electron chi connectivity index (χ2n) is 9.14. The van der Waals surface area contributed by atoms with Gasteiger partial charge in [-0.2, -0.15) is 0 Å². The van der Waals surface area contributed by atoms with E-state index in [1.54, 1.807) is 0 Å². The summed E-state index contributed by atoms with van der Waals surface area (Å²) in [6.45, 7) is 6.56. The third kappa shape index (κ3) is 7.07. The van der Waals surface area contributed by atoms with Gasteiger partial charge in [0.05, 0.1) is 0 Å². The van der Waals surface area contributed by atoms with E-state index in [-0.39, 0.29) is 17.3 Å². The van der Waals surface area contributed by atoms with E-state index in [1.807, 2.05) is 36.4 Å². The summed E-state index contributed by atoms with van der Waals surface area (Å²) in [6.07, 6.45) is 4.60. The lowest BCUT2D eigenvalue weighted by Gasteiger charge is -2.31. The van der Waals surface area contributed by atoms with Gasteiger partial charge in [0, 0.05) is 19.3 Å². The maximum Gasteiger partial charge on any atom is 0.152 e. The van der Waals surface area contributed by atoms with Gasteiger partial charge in [-0.1, -0.05) is 81.4 Å². The first-order chi connectivity index (χ1) is 14.3. The summed E-state index contributed by atoms with van der Waals surface area (Å²) in [5.41, 5.74) is 2.21. The van der Waals surface area contributed by atoms with E-state index in [9.17, 15) is 15.0 Å². The number of ketones is 1. The van der Waals surface area contributed by atoms with Crippen molar-refractivity contribution in [3.8, 4) is 0 Å². The van der Waals surface area contributed by atoms with E-state index in [1.165, 1.54) is 5.56 Å². The molecule has 2 unspecified atom stereocenters. The highest BCUT2D eigenvalue weighted by Gasteiger charge is 2.29. The van der Waals surface area contributed by atoms with Crippen molar-refractivity contribution in [1.82, 2.24) is 0 Å². The molecule has 0 aliphatic carbocycles. The van der Waals surface area contributed by atoms with Crippen molar-refractivity contribution in [2.45, 2.75) is 89.3 Å². The van der Waals surface area contributed by atoms with Crippen molar-refractivity contribution in [2.24, 2.45) is 0 Å². The number of hydrogen-bond acceptors (Lipinski definition) is 3. The van der Waals surface area contributed by atoms with Crippen LogP contribution in [0.5, 0.6) is 0 Å². The summed E-state index contributed by atoms with van der Waals surface area (Å²) in [5, 5.41) is 19.1. The summed E-state index contributed by atoms with van der Waals surface area (Å²) in [6, 6.07) is 20.5. The molecule has 0 radical (unpaired) electrons. The van der Waals surface area contributed by atoms with Gasteiger partial charge in [0.15, 0.2) is 6.29 Å². The lowest BCUT2D eigenvalue weighted by Crippen LogP contribution is -2.28. The quantitative estimate of drug-likeness (QED) is 0.403. The van der Waals surface area contributed by atoms with Gasteiger partial charge >= 0.3 is 0 Å². The largest absolute Gasteiger partial charge is 0.368 e. The predicted octanol–water partition coefficient (Wildman–Crippen LogP) is 5.92. The van der Waals surface area contributed by atoms with Gasteiger partial charge in [0.1, 0.15) is 5.78 Å². The number of carbonyl (C=O) groups excluding carboxylic acids is 1. The highest BCUT2D eigenvalue weighted by Crippen LogP contribution is 2.35. The van der Waals surface area contributed by atoms with Gasteiger partial charge in [0.25, 0.3) is 0 Å². The van der Waals surface area contributed by atoms with Gasteiger partial charge in [-0.05, 0) is 54.1 Å². The fourth-order valence-corrected chi connectivity index (χ4v) is 4.45. The second kappa shape index (κ2) is 11.4. The van der Waals surface area contributed by atoms with Crippen LogP contribution in [-0.4, -0.2) is 22.3 Å². The molecule has 0 amide bonds. The molecule has 164 valence electrons. The van der Waals surface area contributed by atoms with Crippen LogP contribution in [-0.2, 0) is 15.6 Å². The molecule has 3 nitrogen and oxygen atoms in total. The Labute approximate surface area is 182 Å². The zero-order valence-corrected chi connectivity index (χ0v) is 18.8. The molecule has 2 N–H and O–H groups in total. The SMILES string of the molecule is CCC(C)(CCCC(=O)CCCC(C)(CC(O)O)c1ccccc1)c1ccccc1. The van der Waals surface area contributed by atoms with Crippen LogP contribution in [0.4, 0.5) is 0 Å². The Hall–Kier alpha value is -1.97. The lowest BCUT2D eigenvalue weighted by atomic mass is 9.75. The van der Waals surface area contributed by atoms with Crippen LogP contribution in [0.15, 0.2) is 60.7 Å². The minimum atomic E-state index is -1.35. The van der Waals surface area contributed by atoms with Crippen LogP contribution in [0.1, 0.15) is 83.3 Å². The Balaban J connectivity index is 1.83. The minimum absolute atomic E-state index is 0.116. The molecule has 2 atom stereocenters. The Bertz CT molecular complexity index is 756. The van der Waals surface area contributed by atoms with E-state index in [0.29, 0.717) is 18.6 Å². The number of Topliss-reactive ketones (excluding diaryl/α,β-unsaturated/α-hetero) is 1. The molecule has 0 aromatic heterocycles. The Kier molecular flexibility index (Phi) is 9.26. The molecule has 30 heavy (non-hydrogen) atoms. The number of rotatable bonds is 13. The Morgan fingerprint density at radius 1 is 0.800 bits per heavy atom. The summed E-state index contributed by atoms with van der Waals surface area (Å²) >= 11 is 0. The van der Waals surface area contributed by atoms with Crippen molar-refractivity contribution in [2.75, 3.05) is 0 Å². The number of hydrogen-bond donors (Lipinski definition) is 2. The van der Waals surface area contributed by atoms with Crippen LogP contribution in [0, 0.1) is 0 Å². The number of benzene rings is 2. The van der Waals surface area contributed by atoms with Crippen molar-refractivity contribution in [3.05, 3.63) is 71.8 Å². The van der Waals surface area contributed by atoms with Crippen molar-refractivity contribution < 1.29 is 15.0 Å². The Morgan fingerprint density at radius 2 is 1.23 bits per heavy atom. The molecular weight excluding hydrogens is 372 g/mol. The third-order valence-corrected chi connectivity index (χ3v) is 6.72. The first-order valence-electron chi connectivity index (χ1n) is 11.3. The maximum atomic E-state index is 12.5.